The zero-order valence-corrected chi connectivity index (χ0v) is 13.7. The summed E-state index contributed by atoms with van der Waals surface area (Å²) in [6.45, 7) is 3.89. The number of rotatable bonds is 5. The van der Waals surface area contributed by atoms with Gasteiger partial charge in [0.2, 0.25) is 5.91 Å². The number of amides is 1. The van der Waals surface area contributed by atoms with Crippen LogP contribution in [0, 0.1) is 0 Å². The molecule has 1 aliphatic rings. The molecule has 0 saturated carbocycles. The zero-order chi connectivity index (χ0) is 16.6. The van der Waals surface area contributed by atoms with Crippen LogP contribution in [0.5, 0.6) is 0 Å². The Morgan fingerprint density at radius 2 is 1.88 bits per heavy atom. The van der Waals surface area contributed by atoms with Crippen LogP contribution in [-0.2, 0) is 16.1 Å². The topological polar surface area (TPSA) is 41.6 Å². The molecule has 1 aliphatic heterocycles. The lowest BCUT2D eigenvalue weighted by molar-refractivity contribution is -0.116. The molecule has 1 saturated heterocycles. The number of ether oxygens (including phenoxy) is 1. The van der Waals surface area contributed by atoms with Crippen LogP contribution in [0.4, 0.5) is 5.69 Å². The van der Waals surface area contributed by atoms with E-state index in [1.807, 2.05) is 48.5 Å². The van der Waals surface area contributed by atoms with E-state index in [2.05, 4.69) is 22.3 Å². The Kier molecular flexibility index (Phi) is 5.64. The lowest BCUT2D eigenvalue weighted by atomic mass is 10.1. The molecule has 2 aromatic carbocycles. The number of nitrogens with zero attached hydrogens (tertiary/aromatic N) is 1. The van der Waals surface area contributed by atoms with E-state index >= 15 is 0 Å². The van der Waals surface area contributed by atoms with Crippen molar-refractivity contribution in [3.8, 4) is 0 Å². The Hall–Kier alpha value is -2.59. The van der Waals surface area contributed by atoms with Gasteiger partial charge in [-0.1, -0.05) is 42.5 Å². The summed E-state index contributed by atoms with van der Waals surface area (Å²) in [4.78, 5) is 14.3. The Morgan fingerprint density at radius 3 is 2.67 bits per heavy atom. The number of hydrogen-bond acceptors (Lipinski definition) is 3. The molecule has 4 heteroatoms. The number of nitrogens with one attached hydrogen (secondary N) is 1. The van der Waals surface area contributed by atoms with Gasteiger partial charge in [0.05, 0.1) is 13.2 Å². The van der Waals surface area contributed by atoms with E-state index in [4.69, 9.17) is 4.74 Å². The van der Waals surface area contributed by atoms with Crippen molar-refractivity contribution in [2.45, 2.75) is 6.54 Å². The van der Waals surface area contributed by atoms with Gasteiger partial charge in [0, 0.05) is 31.4 Å². The van der Waals surface area contributed by atoms with Gasteiger partial charge >= 0.3 is 0 Å². The fourth-order valence-electron chi connectivity index (χ4n) is 2.67. The summed E-state index contributed by atoms with van der Waals surface area (Å²) in [7, 11) is 0. The molecule has 1 N–H and O–H groups in total. The monoisotopic (exact) mass is 322 g/mol. The molecule has 0 unspecified atom stereocenters. The van der Waals surface area contributed by atoms with Crippen LogP contribution >= 0.6 is 0 Å². The molecule has 3 rings (SSSR count). The fourth-order valence-corrected chi connectivity index (χ4v) is 2.67. The molecule has 1 amide bonds. The van der Waals surface area contributed by atoms with E-state index in [0.717, 1.165) is 37.4 Å². The third-order valence-electron chi connectivity index (χ3n) is 3.98. The molecule has 1 heterocycles. The lowest BCUT2D eigenvalue weighted by Gasteiger charge is -2.29. The highest BCUT2D eigenvalue weighted by atomic mass is 16.5. The Labute approximate surface area is 142 Å². The molecule has 124 valence electrons. The molecular formula is C20H22N2O2. The molecule has 2 aromatic rings. The van der Waals surface area contributed by atoms with Crippen LogP contribution in [0.3, 0.4) is 0 Å². The minimum atomic E-state index is -0.0874. The number of carbonyl (C=O) groups excluding carboxylic acids is 1. The van der Waals surface area contributed by atoms with E-state index in [1.54, 1.807) is 6.08 Å². The van der Waals surface area contributed by atoms with Gasteiger partial charge in [-0.2, -0.15) is 0 Å². The number of hydrogen-bond donors (Lipinski definition) is 1. The number of benzene rings is 2. The molecule has 0 bridgehead atoms. The van der Waals surface area contributed by atoms with E-state index < -0.39 is 0 Å². The summed E-state index contributed by atoms with van der Waals surface area (Å²) in [5.41, 5.74) is 3.30. The van der Waals surface area contributed by atoms with Gasteiger partial charge in [-0.15, -0.1) is 0 Å². The van der Waals surface area contributed by atoms with Gasteiger partial charge in [-0.25, -0.2) is 0 Å². The Balaban J connectivity index is 1.54. The third-order valence-corrected chi connectivity index (χ3v) is 3.98. The summed E-state index contributed by atoms with van der Waals surface area (Å²) in [6.07, 6.45) is 3.39. The SMILES string of the molecule is O=C(/C=C/c1ccccc1)NCc1cccc(N2CCOCC2)c1. The quantitative estimate of drug-likeness (QED) is 0.861. The molecule has 1 fully saturated rings. The van der Waals surface area contributed by atoms with Crippen molar-refractivity contribution < 1.29 is 9.53 Å². The van der Waals surface area contributed by atoms with E-state index in [0.29, 0.717) is 6.54 Å². The summed E-state index contributed by atoms with van der Waals surface area (Å²) < 4.78 is 5.39. The average Bonchev–Trinajstić information content (AvgIpc) is 2.66. The largest absolute Gasteiger partial charge is 0.378 e. The summed E-state index contributed by atoms with van der Waals surface area (Å²) in [5.74, 6) is -0.0874. The second-order valence-electron chi connectivity index (χ2n) is 5.73. The number of carbonyl (C=O) groups is 1. The van der Waals surface area contributed by atoms with E-state index in [-0.39, 0.29) is 5.91 Å². The van der Waals surface area contributed by atoms with Crippen LogP contribution in [0.1, 0.15) is 11.1 Å². The molecule has 24 heavy (non-hydrogen) atoms. The first-order valence-corrected chi connectivity index (χ1v) is 8.24. The average molecular weight is 322 g/mol. The third kappa shape index (κ3) is 4.70. The van der Waals surface area contributed by atoms with Crippen molar-refractivity contribution in [1.29, 1.82) is 0 Å². The zero-order valence-electron chi connectivity index (χ0n) is 13.7. The van der Waals surface area contributed by atoms with Crippen LogP contribution in [-0.4, -0.2) is 32.2 Å². The van der Waals surface area contributed by atoms with Crippen molar-refractivity contribution in [3.63, 3.8) is 0 Å². The van der Waals surface area contributed by atoms with E-state index in [9.17, 15) is 4.79 Å². The molecule has 0 radical (unpaired) electrons. The van der Waals surface area contributed by atoms with Gasteiger partial charge in [0.25, 0.3) is 0 Å². The maximum Gasteiger partial charge on any atom is 0.244 e. The molecule has 0 aliphatic carbocycles. The number of morpholine rings is 1. The summed E-state index contributed by atoms with van der Waals surface area (Å²) in [5, 5.41) is 2.93. The maximum atomic E-state index is 12.0. The fraction of sp³-hybridized carbons (Fsp3) is 0.250. The van der Waals surface area contributed by atoms with Crippen LogP contribution in [0.2, 0.25) is 0 Å². The minimum Gasteiger partial charge on any atom is -0.378 e. The molecule has 0 spiro atoms. The van der Waals surface area contributed by atoms with Gasteiger partial charge in [-0.3, -0.25) is 4.79 Å². The molecule has 0 atom stereocenters. The van der Waals surface area contributed by atoms with Crippen molar-refractivity contribution >= 4 is 17.7 Å². The van der Waals surface area contributed by atoms with Crippen molar-refractivity contribution in [3.05, 3.63) is 71.8 Å². The summed E-state index contributed by atoms with van der Waals surface area (Å²) >= 11 is 0. The smallest absolute Gasteiger partial charge is 0.244 e. The molecular weight excluding hydrogens is 300 g/mol. The lowest BCUT2D eigenvalue weighted by Crippen LogP contribution is -2.36. The van der Waals surface area contributed by atoms with Gasteiger partial charge < -0.3 is 15.0 Å². The van der Waals surface area contributed by atoms with Crippen LogP contribution in [0.15, 0.2) is 60.7 Å². The van der Waals surface area contributed by atoms with Gasteiger partial charge in [0.15, 0.2) is 0 Å². The highest BCUT2D eigenvalue weighted by Crippen LogP contribution is 2.17. The van der Waals surface area contributed by atoms with Crippen LogP contribution < -0.4 is 10.2 Å². The first-order chi connectivity index (χ1) is 11.8. The first kappa shape index (κ1) is 16.3. The number of anilines is 1. The van der Waals surface area contributed by atoms with Crippen molar-refractivity contribution in [2.75, 3.05) is 31.2 Å². The highest BCUT2D eigenvalue weighted by molar-refractivity contribution is 5.91. The molecule has 0 aromatic heterocycles. The van der Waals surface area contributed by atoms with Crippen molar-refractivity contribution in [1.82, 2.24) is 5.32 Å². The van der Waals surface area contributed by atoms with Gasteiger partial charge in [-0.05, 0) is 29.3 Å². The maximum absolute atomic E-state index is 12.0. The van der Waals surface area contributed by atoms with Crippen molar-refractivity contribution in [2.24, 2.45) is 0 Å². The summed E-state index contributed by atoms with van der Waals surface area (Å²) in [6, 6.07) is 18.1. The first-order valence-electron chi connectivity index (χ1n) is 8.24. The minimum absolute atomic E-state index is 0.0874. The molecule has 4 nitrogen and oxygen atoms in total. The van der Waals surface area contributed by atoms with Gasteiger partial charge in [0.1, 0.15) is 0 Å². The normalized spacial score (nSPS) is 14.8. The highest BCUT2D eigenvalue weighted by Gasteiger charge is 2.11. The predicted octanol–water partition coefficient (Wildman–Crippen LogP) is 2.85. The standard InChI is InChI=1S/C20H22N2O2/c23-20(10-9-17-5-2-1-3-6-17)21-16-18-7-4-8-19(15-18)22-11-13-24-14-12-22/h1-10,15H,11-14,16H2,(H,21,23)/b10-9+. The van der Waals surface area contributed by atoms with E-state index in [1.165, 1.54) is 5.69 Å². The Morgan fingerprint density at radius 1 is 1.08 bits per heavy atom. The second kappa shape index (κ2) is 8.31. The van der Waals surface area contributed by atoms with Crippen LogP contribution in [0.25, 0.3) is 6.08 Å². The second-order valence-corrected chi connectivity index (χ2v) is 5.73. The predicted molar refractivity (Wildman–Crippen MR) is 96.8 cm³/mol. The Bertz CT molecular complexity index is 692.